The first-order chi connectivity index (χ1) is 43.5. The number of esters is 4. The van der Waals surface area contributed by atoms with Crippen LogP contribution in [0.4, 0.5) is 0 Å². The molecule has 0 aliphatic rings. The largest absolute Gasteiger partial charge is 0.472 e. The molecule has 0 rings (SSSR count). The summed E-state index contributed by atoms with van der Waals surface area (Å²) in [6.07, 6.45) is 53.7. The number of rotatable bonds is 69. The molecule has 2 unspecified atom stereocenters. The molecule has 0 bridgehead atoms. The van der Waals surface area contributed by atoms with Gasteiger partial charge in [-0.15, -0.1) is 0 Å². The first-order valence-electron chi connectivity index (χ1n) is 36.5. The zero-order valence-corrected chi connectivity index (χ0v) is 59.5. The van der Waals surface area contributed by atoms with Crippen molar-refractivity contribution < 1.29 is 80.2 Å². The Morgan fingerprint density at radius 2 is 0.600 bits per heavy atom. The van der Waals surface area contributed by atoms with Crippen LogP contribution in [0.5, 0.6) is 0 Å². The van der Waals surface area contributed by atoms with E-state index in [1.165, 1.54) is 141 Å². The highest BCUT2D eigenvalue weighted by atomic mass is 31.2. The minimum Gasteiger partial charge on any atom is -0.462 e. The van der Waals surface area contributed by atoms with Gasteiger partial charge < -0.3 is 33.8 Å². The highest BCUT2D eigenvalue weighted by Gasteiger charge is 2.30. The van der Waals surface area contributed by atoms with Gasteiger partial charge >= 0.3 is 39.5 Å². The highest BCUT2D eigenvalue weighted by Crippen LogP contribution is 2.45. The van der Waals surface area contributed by atoms with E-state index in [9.17, 15) is 43.2 Å². The molecule has 19 heteroatoms. The van der Waals surface area contributed by atoms with E-state index in [2.05, 4.69) is 58.9 Å². The molecule has 0 amide bonds. The van der Waals surface area contributed by atoms with Crippen molar-refractivity contribution in [3.63, 3.8) is 0 Å². The van der Waals surface area contributed by atoms with Gasteiger partial charge in [0, 0.05) is 25.7 Å². The van der Waals surface area contributed by atoms with Gasteiger partial charge in [0.1, 0.15) is 19.3 Å². The molecule has 3 N–H and O–H groups in total. The number of phosphoric ester groups is 2. The van der Waals surface area contributed by atoms with E-state index in [-0.39, 0.29) is 25.7 Å². The zero-order chi connectivity index (χ0) is 66.3. The Balaban J connectivity index is 5.24. The van der Waals surface area contributed by atoms with Crippen molar-refractivity contribution >= 4 is 39.5 Å². The first-order valence-corrected chi connectivity index (χ1v) is 39.4. The van der Waals surface area contributed by atoms with Gasteiger partial charge in [-0.2, -0.15) is 0 Å². The Labute approximate surface area is 548 Å². The molecule has 0 radical (unpaired) electrons. The lowest BCUT2D eigenvalue weighted by Crippen LogP contribution is -2.30. The quantitative estimate of drug-likeness (QED) is 0.0169. The van der Waals surface area contributed by atoms with Crippen LogP contribution < -0.4 is 0 Å². The van der Waals surface area contributed by atoms with Crippen LogP contribution in [0.3, 0.4) is 0 Å². The van der Waals surface area contributed by atoms with Gasteiger partial charge in [-0.05, 0) is 57.3 Å². The Morgan fingerprint density at radius 3 is 0.911 bits per heavy atom. The third-order valence-corrected chi connectivity index (χ3v) is 17.8. The number of allylic oxidation sites excluding steroid dienone is 4. The second kappa shape index (κ2) is 63.9. The third-order valence-electron chi connectivity index (χ3n) is 15.9. The average Bonchev–Trinajstić information content (AvgIpc) is 3.72. The molecule has 0 aromatic heterocycles. The SMILES string of the molecule is CCCCCC/C=C\C=C/CCCCCCCC(=O)OC[C@H](COP(=O)(O)OC[C@@H](O)COP(=O)(O)OC[C@@H](COC(=O)CCCCCCCCCC)OC(=O)CCCCCCCCCC(C)C)OC(=O)CCCCCCCCCCCCCCCCCCC. The molecule has 0 aromatic rings. The Hall–Kier alpha value is -2.46. The molecule has 17 nitrogen and oxygen atoms in total. The minimum atomic E-state index is -4.96. The van der Waals surface area contributed by atoms with Crippen LogP contribution in [-0.2, 0) is 65.4 Å². The van der Waals surface area contributed by atoms with Crippen LogP contribution in [0.2, 0.25) is 0 Å². The molecule has 0 spiro atoms. The highest BCUT2D eigenvalue weighted by molar-refractivity contribution is 7.47. The smallest absolute Gasteiger partial charge is 0.462 e. The van der Waals surface area contributed by atoms with Gasteiger partial charge in [0.05, 0.1) is 26.4 Å². The van der Waals surface area contributed by atoms with Gasteiger partial charge in [-0.3, -0.25) is 37.3 Å². The first kappa shape index (κ1) is 87.5. The van der Waals surface area contributed by atoms with Gasteiger partial charge in [0.15, 0.2) is 12.2 Å². The lowest BCUT2D eigenvalue weighted by atomic mass is 10.0. The van der Waals surface area contributed by atoms with Crippen LogP contribution >= 0.6 is 15.6 Å². The monoisotopic (exact) mass is 1320 g/mol. The molecule has 90 heavy (non-hydrogen) atoms. The number of carbonyl (C=O) groups excluding carboxylic acids is 4. The fraction of sp³-hybridized carbons (Fsp3) is 0.887. The summed E-state index contributed by atoms with van der Waals surface area (Å²) in [5.74, 6) is -1.46. The van der Waals surface area contributed by atoms with E-state index in [0.29, 0.717) is 31.6 Å². The van der Waals surface area contributed by atoms with Gasteiger partial charge in [-0.25, -0.2) is 9.13 Å². The second-order valence-corrected chi connectivity index (χ2v) is 28.3. The molecular formula is C71H134O17P2. The molecular weight excluding hydrogens is 1190 g/mol. The molecule has 530 valence electrons. The number of carbonyl (C=O) groups is 4. The van der Waals surface area contributed by atoms with Crippen molar-refractivity contribution in [2.24, 2.45) is 5.92 Å². The number of ether oxygens (including phenoxy) is 4. The summed E-state index contributed by atoms with van der Waals surface area (Å²) in [6.45, 7) is 7.09. The summed E-state index contributed by atoms with van der Waals surface area (Å²) in [5, 5.41) is 10.6. The fourth-order valence-electron chi connectivity index (χ4n) is 10.3. The fourth-order valence-corrected chi connectivity index (χ4v) is 11.9. The van der Waals surface area contributed by atoms with Crippen molar-refractivity contribution in [3.05, 3.63) is 24.3 Å². The molecule has 0 fully saturated rings. The third kappa shape index (κ3) is 64.3. The van der Waals surface area contributed by atoms with E-state index < -0.39 is 97.5 Å². The van der Waals surface area contributed by atoms with Gasteiger partial charge in [0.25, 0.3) is 0 Å². The molecule has 0 aromatic carbocycles. The molecule has 0 aliphatic carbocycles. The predicted molar refractivity (Wildman–Crippen MR) is 363 cm³/mol. The summed E-state index contributed by atoms with van der Waals surface area (Å²) in [4.78, 5) is 72.4. The van der Waals surface area contributed by atoms with Crippen LogP contribution in [-0.4, -0.2) is 96.7 Å². The van der Waals surface area contributed by atoms with Crippen molar-refractivity contribution in [1.29, 1.82) is 0 Å². The summed E-state index contributed by atoms with van der Waals surface area (Å²) in [5.41, 5.74) is 0. The number of phosphoric acid groups is 2. The number of hydrogen-bond acceptors (Lipinski definition) is 15. The molecule has 0 saturated heterocycles. The molecule has 0 aliphatic heterocycles. The van der Waals surface area contributed by atoms with E-state index in [1.807, 2.05) is 0 Å². The Bertz CT molecular complexity index is 1830. The van der Waals surface area contributed by atoms with Gasteiger partial charge in [-0.1, -0.05) is 290 Å². The van der Waals surface area contributed by atoms with Crippen molar-refractivity contribution in [2.45, 2.75) is 361 Å². The number of aliphatic hydroxyl groups excluding tert-OH is 1. The summed E-state index contributed by atoms with van der Waals surface area (Å²) in [7, 11) is -9.91. The minimum absolute atomic E-state index is 0.101. The van der Waals surface area contributed by atoms with E-state index >= 15 is 0 Å². The summed E-state index contributed by atoms with van der Waals surface area (Å²) in [6, 6.07) is 0. The van der Waals surface area contributed by atoms with Crippen molar-refractivity contribution in [3.8, 4) is 0 Å². The zero-order valence-electron chi connectivity index (χ0n) is 57.8. The number of aliphatic hydroxyl groups is 1. The maximum absolute atomic E-state index is 13.0. The Kier molecular flexibility index (Phi) is 62.2. The lowest BCUT2D eigenvalue weighted by Gasteiger charge is -2.21. The van der Waals surface area contributed by atoms with Crippen LogP contribution in [0.15, 0.2) is 24.3 Å². The topological polar surface area (TPSA) is 237 Å². The van der Waals surface area contributed by atoms with E-state index in [4.69, 9.17) is 37.0 Å². The number of hydrogen-bond donors (Lipinski definition) is 3. The maximum Gasteiger partial charge on any atom is 0.472 e. The normalized spacial score (nSPS) is 14.2. The molecule has 0 saturated carbocycles. The van der Waals surface area contributed by atoms with Crippen LogP contribution in [0.1, 0.15) is 343 Å². The lowest BCUT2D eigenvalue weighted by molar-refractivity contribution is -0.161. The average molecular weight is 1320 g/mol. The van der Waals surface area contributed by atoms with E-state index in [1.54, 1.807) is 0 Å². The summed E-state index contributed by atoms with van der Waals surface area (Å²) >= 11 is 0. The summed E-state index contributed by atoms with van der Waals surface area (Å²) < 4.78 is 68.2. The predicted octanol–water partition coefficient (Wildman–Crippen LogP) is 20.1. The van der Waals surface area contributed by atoms with Crippen LogP contribution in [0, 0.1) is 5.92 Å². The van der Waals surface area contributed by atoms with Crippen LogP contribution in [0.25, 0.3) is 0 Å². The molecule has 5 atom stereocenters. The van der Waals surface area contributed by atoms with Crippen molar-refractivity contribution in [1.82, 2.24) is 0 Å². The number of unbranched alkanes of at least 4 members (excludes halogenated alkanes) is 38. The Morgan fingerprint density at radius 1 is 0.344 bits per heavy atom. The maximum atomic E-state index is 13.0. The van der Waals surface area contributed by atoms with Gasteiger partial charge in [0.2, 0.25) is 0 Å². The van der Waals surface area contributed by atoms with E-state index in [0.717, 1.165) is 116 Å². The van der Waals surface area contributed by atoms with Crippen molar-refractivity contribution in [2.75, 3.05) is 39.6 Å². The molecule has 0 heterocycles. The standard InChI is InChI=1S/C71H134O17P2/c1-6-9-12-15-18-21-23-25-27-28-30-32-34-36-41-46-51-56-70(75)87-66(61-82-69(74)55-50-45-40-35-33-31-29-26-24-22-19-16-13-10-7-2)62-85-89(77,78)83-58-65(72)59-84-90(79,80)86-63-67(60-81-68(73)54-49-44-39-20-17-14-11-8-3)88-71(76)57-52-47-42-37-38-43-48-53-64(4)5/h22,24,26,29,64-67,72H,6-21,23,25,27-28,30-63H2,1-5H3,(H,77,78)(H,79,80)/b24-22-,29-26-/t65-,66-,67-/m1/s1. The second-order valence-electron chi connectivity index (χ2n) is 25.4.